The Morgan fingerprint density at radius 3 is 2.68 bits per heavy atom. The van der Waals surface area contributed by atoms with Crippen LogP contribution in [0.2, 0.25) is 0 Å². The van der Waals surface area contributed by atoms with Gasteiger partial charge >= 0.3 is 0 Å². The molecule has 7 heteroatoms. The van der Waals surface area contributed by atoms with E-state index in [1.165, 1.54) is 0 Å². The third-order valence-corrected chi connectivity index (χ3v) is 3.73. The molecule has 0 unspecified atom stereocenters. The van der Waals surface area contributed by atoms with Crippen molar-refractivity contribution in [2.75, 3.05) is 5.32 Å². The number of aryl methyl sites for hydroxylation is 1. The van der Waals surface area contributed by atoms with Crippen molar-refractivity contribution in [1.82, 2.24) is 25.1 Å². The molecule has 2 N–H and O–H groups in total. The number of oxazole rings is 1. The highest BCUT2D eigenvalue weighted by atomic mass is 16.4. The number of anilines is 1. The highest BCUT2D eigenvalue weighted by Gasteiger charge is 2.12. The number of nitrogens with one attached hydrogen (secondary N) is 2. The summed E-state index contributed by atoms with van der Waals surface area (Å²) in [5.74, 6) is 2.56. The van der Waals surface area contributed by atoms with Crippen LogP contribution in [0.1, 0.15) is 11.5 Å². The Balaban J connectivity index is 1.47. The van der Waals surface area contributed by atoms with E-state index in [-0.39, 0.29) is 0 Å². The third-order valence-electron chi connectivity index (χ3n) is 3.73. The molecular formula is C18H16N6O. The average Bonchev–Trinajstić information content (AvgIpc) is 3.28. The standard InChI is InChI=1S/C18H16N6O/c1-12-15(21-17(25-12)13-7-3-2-4-8-13)11-20-18-22-16(23-24-18)14-9-5-6-10-19-14/h2-10H,11H2,1H3,(H2,20,22,23,24). The van der Waals surface area contributed by atoms with Gasteiger partial charge in [-0.3, -0.25) is 4.98 Å². The van der Waals surface area contributed by atoms with Gasteiger partial charge in [0.2, 0.25) is 11.8 Å². The summed E-state index contributed by atoms with van der Waals surface area (Å²) in [6, 6.07) is 15.5. The molecule has 0 spiro atoms. The molecule has 4 aromatic rings. The Labute approximate surface area is 144 Å². The van der Waals surface area contributed by atoms with Crippen LogP contribution < -0.4 is 5.32 Å². The number of hydrogen-bond acceptors (Lipinski definition) is 6. The molecule has 124 valence electrons. The lowest BCUT2D eigenvalue weighted by molar-refractivity contribution is 0.540. The molecule has 0 aliphatic heterocycles. The first-order valence-electron chi connectivity index (χ1n) is 7.89. The fraction of sp³-hybridized carbons (Fsp3) is 0.111. The van der Waals surface area contributed by atoms with Gasteiger partial charge in [-0.1, -0.05) is 24.3 Å². The molecule has 0 amide bonds. The van der Waals surface area contributed by atoms with Crippen molar-refractivity contribution in [3.8, 4) is 23.0 Å². The zero-order valence-electron chi connectivity index (χ0n) is 13.6. The van der Waals surface area contributed by atoms with Gasteiger partial charge in [-0.25, -0.2) is 4.98 Å². The topological polar surface area (TPSA) is 92.5 Å². The Kier molecular flexibility index (Phi) is 3.96. The first-order chi connectivity index (χ1) is 12.3. The molecule has 0 aliphatic carbocycles. The number of benzene rings is 1. The van der Waals surface area contributed by atoms with Crippen LogP contribution in [0, 0.1) is 6.92 Å². The van der Waals surface area contributed by atoms with Gasteiger partial charge < -0.3 is 14.7 Å². The van der Waals surface area contributed by atoms with E-state index in [2.05, 4.69) is 30.5 Å². The quantitative estimate of drug-likeness (QED) is 0.581. The van der Waals surface area contributed by atoms with E-state index in [1.807, 2.05) is 55.5 Å². The molecule has 0 bridgehead atoms. The second kappa shape index (κ2) is 6.56. The summed E-state index contributed by atoms with van der Waals surface area (Å²) in [6.45, 7) is 2.38. The summed E-state index contributed by atoms with van der Waals surface area (Å²) < 4.78 is 5.76. The third kappa shape index (κ3) is 3.25. The SMILES string of the molecule is Cc1oc(-c2ccccc2)nc1CNc1nnc(-c2ccccn2)[nH]1. The number of aromatic nitrogens is 5. The molecular weight excluding hydrogens is 316 g/mol. The van der Waals surface area contributed by atoms with Crippen LogP contribution in [-0.2, 0) is 6.54 Å². The van der Waals surface area contributed by atoms with Gasteiger partial charge in [0.15, 0.2) is 5.82 Å². The van der Waals surface area contributed by atoms with Crippen LogP contribution in [0.5, 0.6) is 0 Å². The van der Waals surface area contributed by atoms with Crippen molar-refractivity contribution in [3.05, 3.63) is 66.2 Å². The maximum absolute atomic E-state index is 5.76. The van der Waals surface area contributed by atoms with Crippen molar-refractivity contribution in [2.24, 2.45) is 0 Å². The maximum atomic E-state index is 5.76. The Morgan fingerprint density at radius 2 is 1.88 bits per heavy atom. The summed E-state index contributed by atoms with van der Waals surface area (Å²) >= 11 is 0. The number of rotatable bonds is 5. The minimum Gasteiger partial charge on any atom is -0.441 e. The fourth-order valence-corrected chi connectivity index (χ4v) is 2.42. The predicted molar refractivity (Wildman–Crippen MR) is 93.6 cm³/mol. The van der Waals surface area contributed by atoms with Crippen LogP contribution in [0.25, 0.3) is 23.0 Å². The van der Waals surface area contributed by atoms with E-state index >= 15 is 0 Å². The molecule has 4 rings (SSSR count). The van der Waals surface area contributed by atoms with Crippen LogP contribution in [0.4, 0.5) is 5.95 Å². The summed E-state index contributed by atoms with van der Waals surface area (Å²) in [7, 11) is 0. The first kappa shape index (κ1) is 15.1. The minimum absolute atomic E-state index is 0.485. The van der Waals surface area contributed by atoms with Gasteiger partial charge in [-0.15, -0.1) is 10.2 Å². The molecule has 0 saturated carbocycles. The number of pyridine rings is 1. The summed E-state index contributed by atoms with van der Waals surface area (Å²) in [4.78, 5) is 11.9. The highest BCUT2D eigenvalue weighted by Crippen LogP contribution is 2.22. The van der Waals surface area contributed by atoms with E-state index in [4.69, 9.17) is 4.42 Å². The maximum Gasteiger partial charge on any atom is 0.226 e. The summed E-state index contributed by atoms with van der Waals surface area (Å²) in [6.07, 6.45) is 1.72. The van der Waals surface area contributed by atoms with E-state index in [0.717, 1.165) is 22.7 Å². The van der Waals surface area contributed by atoms with E-state index in [0.29, 0.717) is 24.2 Å². The summed E-state index contributed by atoms with van der Waals surface area (Å²) in [5.41, 5.74) is 2.52. The summed E-state index contributed by atoms with van der Waals surface area (Å²) in [5, 5.41) is 11.4. The first-order valence-corrected chi connectivity index (χ1v) is 7.89. The van der Waals surface area contributed by atoms with Gasteiger partial charge in [0.25, 0.3) is 0 Å². The van der Waals surface area contributed by atoms with E-state index < -0.39 is 0 Å². The molecule has 3 aromatic heterocycles. The van der Waals surface area contributed by atoms with Crippen LogP contribution >= 0.6 is 0 Å². The molecule has 0 radical (unpaired) electrons. The molecule has 0 fully saturated rings. The zero-order chi connectivity index (χ0) is 17.1. The lowest BCUT2D eigenvalue weighted by atomic mass is 10.2. The second-order valence-corrected chi connectivity index (χ2v) is 5.48. The van der Waals surface area contributed by atoms with Gasteiger partial charge in [0, 0.05) is 11.8 Å². The van der Waals surface area contributed by atoms with Crippen molar-refractivity contribution in [1.29, 1.82) is 0 Å². The fourth-order valence-electron chi connectivity index (χ4n) is 2.42. The van der Waals surface area contributed by atoms with E-state index in [9.17, 15) is 0 Å². The largest absolute Gasteiger partial charge is 0.441 e. The number of nitrogens with zero attached hydrogens (tertiary/aromatic N) is 4. The molecule has 0 atom stereocenters. The Morgan fingerprint density at radius 1 is 1.04 bits per heavy atom. The van der Waals surface area contributed by atoms with Gasteiger partial charge in [-0.2, -0.15) is 0 Å². The van der Waals surface area contributed by atoms with Crippen molar-refractivity contribution in [2.45, 2.75) is 13.5 Å². The van der Waals surface area contributed by atoms with Crippen LogP contribution in [0.15, 0.2) is 59.1 Å². The second-order valence-electron chi connectivity index (χ2n) is 5.48. The molecule has 1 aromatic carbocycles. The average molecular weight is 332 g/mol. The van der Waals surface area contributed by atoms with Gasteiger partial charge in [-0.05, 0) is 31.2 Å². The van der Waals surface area contributed by atoms with Crippen LogP contribution in [-0.4, -0.2) is 25.1 Å². The highest BCUT2D eigenvalue weighted by molar-refractivity contribution is 5.53. The lowest BCUT2D eigenvalue weighted by Gasteiger charge is -1.99. The number of aromatic amines is 1. The predicted octanol–water partition coefficient (Wildman–Crippen LogP) is 3.44. The van der Waals surface area contributed by atoms with Crippen molar-refractivity contribution in [3.63, 3.8) is 0 Å². The Hall–Kier alpha value is -3.48. The van der Waals surface area contributed by atoms with Gasteiger partial charge in [0.05, 0.1) is 6.54 Å². The molecule has 0 aliphatic rings. The monoisotopic (exact) mass is 332 g/mol. The lowest BCUT2D eigenvalue weighted by Crippen LogP contribution is -2.02. The molecule has 0 saturated heterocycles. The van der Waals surface area contributed by atoms with E-state index in [1.54, 1.807) is 6.20 Å². The Bertz CT molecular complexity index is 962. The van der Waals surface area contributed by atoms with Crippen molar-refractivity contribution < 1.29 is 4.42 Å². The van der Waals surface area contributed by atoms with Crippen molar-refractivity contribution >= 4 is 5.95 Å². The normalized spacial score (nSPS) is 10.8. The van der Waals surface area contributed by atoms with Gasteiger partial charge in [0.1, 0.15) is 17.1 Å². The molecule has 3 heterocycles. The molecule has 25 heavy (non-hydrogen) atoms. The number of H-pyrrole nitrogens is 1. The zero-order valence-corrected chi connectivity index (χ0v) is 13.6. The number of hydrogen-bond donors (Lipinski definition) is 2. The minimum atomic E-state index is 0.485. The molecule has 7 nitrogen and oxygen atoms in total. The smallest absolute Gasteiger partial charge is 0.226 e. The van der Waals surface area contributed by atoms with Crippen LogP contribution in [0.3, 0.4) is 0 Å².